The standard InChI is InChI=1S/C15H21N5O2/c1-11-8-17-13(10-22-3)20(11)12-4-6-19(9-12)15(21)14-16-5-7-18(14)2/h5,7-8,12H,4,6,9-10H2,1-3H3. The topological polar surface area (TPSA) is 65.2 Å². The molecule has 1 amide bonds. The molecule has 0 radical (unpaired) electrons. The summed E-state index contributed by atoms with van der Waals surface area (Å²) in [5.41, 5.74) is 1.10. The van der Waals surface area contributed by atoms with Crippen molar-refractivity contribution in [2.75, 3.05) is 20.2 Å². The smallest absolute Gasteiger partial charge is 0.289 e. The van der Waals surface area contributed by atoms with Crippen molar-refractivity contribution < 1.29 is 9.53 Å². The number of likely N-dealkylation sites (tertiary alicyclic amines) is 1. The van der Waals surface area contributed by atoms with Crippen LogP contribution in [-0.4, -0.2) is 50.1 Å². The number of methoxy groups -OCH3 is 1. The van der Waals surface area contributed by atoms with E-state index in [0.717, 1.165) is 24.5 Å². The van der Waals surface area contributed by atoms with Crippen LogP contribution in [0.25, 0.3) is 0 Å². The zero-order valence-electron chi connectivity index (χ0n) is 13.2. The van der Waals surface area contributed by atoms with E-state index >= 15 is 0 Å². The highest BCUT2D eigenvalue weighted by atomic mass is 16.5. The molecule has 1 aliphatic rings. The summed E-state index contributed by atoms with van der Waals surface area (Å²) >= 11 is 0. The van der Waals surface area contributed by atoms with Crippen LogP contribution in [0.3, 0.4) is 0 Å². The van der Waals surface area contributed by atoms with Gasteiger partial charge in [-0.15, -0.1) is 0 Å². The Hall–Kier alpha value is -2.15. The molecule has 1 aliphatic heterocycles. The van der Waals surface area contributed by atoms with Crippen LogP contribution in [0.2, 0.25) is 0 Å². The summed E-state index contributed by atoms with van der Waals surface area (Å²) in [5.74, 6) is 1.39. The van der Waals surface area contributed by atoms with Crippen LogP contribution in [0.5, 0.6) is 0 Å². The molecule has 0 aliphatic carbocycles. The first-order valence-corrected chi connectivity index (χ1v) is 7.40. The van der Waals surface area contributed by atoms with Crippen molar-refractivity contribution >= 4 is 5.91 Å². The minimum atomic E-state index is -0.0129. The zero-order valence-corrected chi connectivity index (χ0v) is 13.2. The Labute approximate surface area is 129 Å². The minimum Gasteiger partial charge on any atom is -0.377 e. The van der Waals surface area contributed by atoms with Crippen molar-refractivity contribution in [3.63, 3.8) is 0 Å². The lowest BCUT2D eigenvalue weighted by atomic mass is 10.2. The maximum atomic E-state index is 12.5. The fourth-order valence-electron chi connectivity index (χ4n) is 3.08. The first kappa shape index (κ1) is 14.8. The summed E-state index contributed by atoms with van der Waals surface area (Å²) < 4.78 is 9.16. The molecule has 0 bridgehead atoms. The van der Waals surface area contributed by atoms with Crippen molar-refractivity contribution in [2.45, 2.75) is 26.0 Å². The first-order chi connectivity index (χ1) is 10.6. The molecule has 1 saturated heterocycles. The van der Waals surface area contributed by atoms with Gasteiger partial charge >= 0.3 is 0 Å². The lowest BCUT2D eigenvalue weighted by molar-refractivity contribution is 0.0771. The van der Waals surface area contributed by atoms with Crippen molar-refractivity contribution in [1.82, 2.24) is 24.0 Å². The number of carbonyl (C=O) groups is 1. The van der Waals surface area contributed by atoms with Gasteiger partial charge in [0.2, 0.25) is 0 Å². The van der Waals surface area contributed by atoms with E-state index < -0.39 is 0 Å². The van der Waals surface area contributed by atoms with Gasteiger partial charge in [-0.2, -0.15) is 0 Å². The largest absolute Gasteiger partial charge is 0.377 e. The number of nitrogens with zero attached hydrogens (tertiary/aromatic N) is 5. The van der Waals surface area contributed by atoms with E-state index in [2.05, 4.69) is 14.5 Å². The molecular weight excluding hydrogens is 282 g/mol. The SMILES string of the molecule is COCc1ncc(C)n1C1CCN(C(=O)c2nccn2C)C1. The molecule has 7 heteroatoms. The highest BCUT2D eigenvalue weighted by Crippen LogP contribution is 2.26. The van der Waals surface area contributed by atoms with Crippen molar-refractivity contribution in [3.8, 4) is 0 Å². The van der Waals surface area contributed by atoms with Gasteiger partial charge < -0.3 is 18.8 Å². The summed E-state index contributed by atoms with van der Waals surface area (Å²) in [5, 5.41) is 0. The Morgan fingerprint density at radius 2 is 2.27 bits per heavy atom. The fraction of sp³-hybridized carbons (Fsp3) is 0.533. The second kappa shape index (κ2) is 5.92. The number of aromatic nitrogens is 4. The molecule has 118 valence electrons. The Kier molecular flexibility index (Phi) is 3.98. The maximum Gasteiger partial charge on any atom is 0.289 e. The van der Waals surface area contributed by atoms with Crippen molar-refractivity contribution in [1.29, 1.82) is 0 Å². The summed E-state index contributed by atoms with van der Waals surface area (Å²) in [6, 6.07) is 0.247. The van der Waals surface area contributed by atoms with Crippen LogP contribution in [0.4, 0.5) is 0 Å². The summed E-state index contributed by atoms with van der Waals surface area (Å²) in [7, 11) is 3.50. The van der Waals surface area contributed by atoms with Gasteiger partial charge in [-0.25, -0.2) is 9.97 Å². The third-order valence-electron chi connectivity index (χ3n) is 4.16. The van der Waals surface area contributed by atoms with Crippen LogP contribution in [0.15, 0.2) is 18.6 Å². The van der Waals surface area contributed by atoms with Gasteiger partial charge in [0.25, 0.3) is 5.91 Å². The molecule has 0 aromatic carbocycles. The molecule has 1 fully saturated rings. The molecule has 22 heavy (non-hydrogen) atoms. The molecule has 0 saturated carbocycles. The van der Waals surface area contributed by atoms with E-state index in [9.17, 15) is 4.79 Å². The quantitative estimate of drug-likeness (QED) is 0.850. The number of aryl methyl sites for hydroxylation is 2. The van der Waals surface area contributed by atoms with E-state index in [1.165, 1.54) is 0 Å². The fourth-order valence-corrected chi connectivity index (χ4v) is 3.08. The van der Waals surface area contributed by atoms with E-state index in [1.807, 2.05) is 25.1 Å². The van der Waals surface area contributed by atoms with Crippen LogP contribution in [0, 0.1) is 6.92 Å². The van der Waals surface area contributed by atoms with Crippen molar-refractivity contribution in [3.05, 3.63) is 35.9 Å². The number of carbonyl (C=O) groups excluding carboxylic acids is 1. The third kappa shape index (κ3) is 2.52. The molecule has 0 N–H and O–H groups in total. The highest BCUT2D eigenvalue weighted by Gasteiger charge is 2.31. The van der Waals surface area contributed by atoms with Crippen molar-refractivity contribution in [2.24, 2.45) is 7.05 Å². The summed E-state index contributed by atoms with van der Waals surface area (Å²) in [6.45, 7) is 3.94. The van der Waals surface area contributed by atoms with Gasteiger partial charge in [-0.1, -0.05) is 0 Å². The Morgan fingerprint density at radius 1 is 1.45 bits per heavy atom. The van der Waals surface area contributed by atoms with E-state index in [4.69, 9.17) is 4.74 Å². The first-order valence-electron chi connectivity index (χ1n) is 7.40. The molecule has 7 nitrogen and oxygen atoms in total. The monoisotopic (exact) mass is 303 g/mol. The Balaban J connectivity index is 1.77. The normalized spacial score (nSPS) is 18.1. The van der Waals surface area contributed by atoms with Gasteiger partial charge in [0.05, 0.1) is 6.04 Å². The molecular formula is C15H21N5O2. The van der Waals surface area contributed by atoms with E-state index in [0.29, 0.717) is 19.0 Å². The van der Waals surface area contributed by atoms with Gasteiger partial charge in [-0.05, 0) is 13.3 Å². The average molecular weight is 303 g/mol. The summed E-state index contributed by atoms with van der Waals surface area (Å²) in [4.78, 5) is 22.9. The molecule has 1 atom stereocenters. The molecule has 2 aromatic heterocycles. The highest BCUT2D eigenvalue weighted by molar-refractivity contribution is 5.91. The molecule has 3 heterocycles. The number of hydrogen-bond donors (Lipinski definition) is 0. The second-order valence-corrected chi connectivity index (χ2v) is 5.67. The van der Waals surface area contributed by atoms with E-state index in [1.54, 1.807) is 24.1 Å². The molecule has 1 unspecified atom stereocenters. The van der Waals surface area contributed by atoms with Crippen LogP contribution >= 0.6 is 0 Å². The lowest BCUT2D eigenvalue weighted by Crippen LogP contribution is -2.31. The number of imidazole rings is 2. The Morgan fingerprint density at radius 3 is 2.95 bits per heavy atom. The van der Waals surface area contributed by atoms with Gasteiger partial charge in [-0.3, -0.25) is 4.79 Å². The zero-order chi connectivity index (χ0) is 15.7. The van der Waals surface area contributed by atoms with E-state index in [-0.39, 0.29) is 11.9 Å². The Bertz CT molecular complexity index is 675. The van der Waals surface area contributed by atoms with Gasteiger partial charge in [0, 0.05) is 51.5 Å². The number of rotatable bonds is 4. The third-order valence-corrected chi connectivity index (χ3v) is 4.16. The van der Waals surface area contributed by atoms with Crippen LogP contribution in [-0.2, 0) is 18.4 Å². The number of hydrogen-bond acceptors (Lipinski definition) is 4. The van der Waals surface area contributed by atoms with Crippen LogP contribution < -0.4 is 0 Å². The lowest BCUT2D eigenvalue weighted by Gasteiger charge is -2.19. The predicted octanol–water partition coefficient (Wildman–Crippen LogP) is 1.16. The number of amides is 1. The predicted molar refractivity (Wildman–Crippen MR) is 80.4 cm³/mol. The summed E-state index contributed by atoms with van der Waals surface area (Å²) in [6.07, 6.45) is 6.22. The maximum absolute atomic E-state index is 12.5. The van der Waals surface area contributed by atoms with Gasteiger partial charge in [0.15, 0.2) is 5.82 Å². The van der Waals surface area contributed by atoms with Gasteiger partial charge in [0.1, 0.15) is 12.4 Å². The van der Waals surface area contributed by atoms with Crippen LogP contribution in [0.1, 0.15) is 34.6 Å². The molecule has 2 aromatic rings. The number of ether oxygens (including phenoxy) is 1. The molecule has 3 rings (SSSR count). The average Bonchev–Trinajstić information content (AvgIpc) is 3.19. The minimum absolute atomic E-state index is 0.0129. The molecule has 0 spiro atoms. The second-order valence-electron chi connectivity index (χ2n) is 5.67.